The Balaban J connectivity index is 1.63. The number of aliphatic hydroxyl groups excluding tert-OH is 1. The Labute approximate surface area is 203 Å². The summed E-state index contributed by atoms with van der Waals surface area (Å²) in [6.07, 6.45) is 0.517. The van der Waals surface area contributed by atoms with E-state index in [-0.39, 0.29) is 12.1 Å². The Hall–Kier alpha value is -3.65. The van der Waals surface area contributed by atoms with Crippen molar-refractivity contribution in [3.63, 3.8) is 0 Å². The average Bonchev–Trinajstić information content (AvgIpc) is 2.83. The summed E-state index contributed by atoms with van der Waals surface area (Å²) in [7, 11) is 1.30. The highest BCUT2D eigenvalue weighted by molar-refractivity contribution is 5.95. The van der Waals surface area contributed by atoms with Crippen LogP contribution >= 0.6 is 0 Å². The number of hydrogen-bond acceptors (Lipinski definition) is 6. The van der Waals surface area contributed by atoms with E-state index < -0.39 is 29.8 Å². The average molecular weight is 479 g/mol. The minimum atomic E-state index is -1.01. The van der Waals surface area contributed by atoms with Crippen LogP contribution in [0.2, 0.25) is 0 Å². The van der Waals surface area contributed by atoms with Gasteiger partial charge in [-0.25, -0.2) is 9.59 Å². The third-order valence-electron chi connectivity index (χ3n) is 6.14. The van der Waals surface area contributed by atoms with Gasteiger partial charge >= 0.3 is 12.1 Å². The zero-order valence-corrected chi connectivity index (χ0v) is 20.4. The first-order chi connectivity index (χ1) is 16.6. The van der Waals surface area contributed by atoms with Crippen molar-refractivity contribution in [1.82, 2.24) is 9.47 Å². The van der Waals surface area contributed by atoms with Crippen LogP contribution in [0.25, 0.3) is 10.8 Å². The molecule has 1 aromatic heterocycles. The minimum absolute atomic E-state index is 0.000339. The Kier molecular flexibility index (Phi) is 6.67. The predicted octanol–water partition coefficient (Wildman–Crippen LogP) is 3.51. The molecule has 8 heteroatoms. The normalized spacial score (nSPS) is 16.5. The smallest absolute Gasteiger partial charge is 0.410 e. The summed E-state index contributed by atoms with van der Waals surface area (Å²) in [5.41, 5.74) is 1.44. The summed E-state index contributed by atoms with van der Waals surface area (Å²) in [4.78, 5) is 39.5. The van der Waals surface area contributed by atoms with Gasteiger partial charge in [0.2, 0.25) is 0 Å². The van der Waals surface area contributed by atoms with Gasteiger partial charge in [0.25, 0.3) is 5.56 Å². The number of rotatable bonds is 4. The Morgan fingerprint density at radius 1 is 1.11 bits per heavy atom. The van der Waals surface area contributed by atoms with E-state index in [1.165, 1.54) is 11.7 Å². The lowest BCUT2D eigenvalue weighted by molar-refractivity contribution is -0.0154. The molecule has 1 N–H and O–H groups in total. The largest absolute Gasteiger partial charge is 0.465 e. The maximum atomic E-state index is 13.1. The SMILES string of the molecule is COC(=O)c1ccc2c(=O)n(CC(O)C3Cc4ccccc4CN3C(=O)OC(C)(C)C)ccc2c1. The van der Waals surface area contributed by atoms with Crippen LogP contribution in [0.15, 0.2) is 59.5 Å². The molecule has 4 rings (SSSR count). The molecule has 35 heavy (non-hydrogen) atoms. The van der Waals surface area contributed by atoms with E-state index >= 15 is 0 Å². The van der Waals surface area contributed by atoms with E-state index in [0.717, 1.165) is 11.1 Å². The molecule has 1 amide bonds. The minimum Gasteiger partial charge on any atom is -0.465 e. The number of methoxy groups -OCH3 is 1. The summed E-state index contributed by atoms with van der Waals surface area (Å²) >= 11 is 0. The van der Waals surface area contributed by atoms with Crippen molar-refractivity contribution >= 4 is 22.8 Å². The molecule has 0 saturated carbocycles. The number of fused-ring (bicyclic) bond motifs is 2. The molecule has 0 aliphatic carbocycles. The molecule has 0 spiro atoms. The van der Waals surface area contributed by atoms with E-state index in [1.54, 1.807) is 56.1 Å². The number of pyridine rings is 1. The fraction of sp³-hybridized carbons (Fsp3) is 0.370. The monoisotopic (exact) mass is 478 g/mol. The third-order valence-corrected chi connectivity index (χ3v) is 6.14. The predicted molar refractivity (Wildman–Crippen MR) is 131 cm³/mol. The number of ether oxygens (including phenoxy) is 2. The van der Waals surface area contributed by atoms with Crippen molar-refractivity contribution in [1.29, 1.82) is 0 Å². The number of esters is 1. The first kappa shape index (κ1) is 24.5. The first-order valence-corrected chi connectivity index (χ1v) is 11.5. The van der Waals surface area contributed by atoms with Crippen molar-refractivity contribution in [2.24, 2.45) is 0 Å². The van der Waals surface area contributed by atoms with Crippen LogP contribution in [0.1, 0.15) is 42.3 Å². The zero-order chi connectivity index (χ0) is 25.3. The highest BCUT2D eigenvalue weighted by atomic mass is 16.6. The molecule has 2 unspecified atom stereocenters. The maximum Gasteiger partial charge on any atom is 0.410 e. The van der Waals surface area contributed by atoms with E-state index in [4.69, 9.17) is 9.47 Å². The fourth-order valence-electron chi connectivity index (χ4n) is 4.41. The molecule has 1 aliphatic heterocycles. The molecule has 3 aromatic rings. The number of nitrogens with zero attached hydrogens (tertiary/aromatic N) is 2. The second-order valence-electron chi connectivity index (χ2n) is 9.78. The van der Waals surface area contributed by atoms with Gasteiger partial charge in [0.15, 0.2) is 0 Å². The lowest BCUT2D eigenvalue weighted by Crippen LogP contribution is -2.53. The van der Waals surface area contributed by atoms with Crippen LogP contribution in [-0.2, 0) is 29.0 Å². The quantitative estimate of drug-likeness (QED) is 0.577. The van der Waals surface area contributed by atoms with Gasteiger partial charge in [-0.15, -0.1) is 0 Å². The maximum absolute atomic E-state index is 13.1. The van der Waals surface area contributed by atoms with Crippen LogP contribution in [0.5, 0.6) is 0 Å². The third kappa shape index (κ3) is 5.22. The molecule has 8 nitrogen and oxygen atoms in total. The number of hydrogen-bond donors (Lipinski definition) is 1. The zero-order valence-electron chi connectivity index (χ0n) is 20.4. The first-order valence-electron chi connectivity index (χ1n) is 11.5. The van der Waals surface area contributed by atoms with E-state index in [0.29, 0.717) is 29.3 Å². The lowest BCUT2D eigenvalue weighted by Gasteiger charge is -2.40. The second kappa shape index (κ2) is 9.54. The summed E-state index contributed by atoms with van der Waals surface area (Å²) in [5, 5.41) is 12.3. The Bertz CT molecular complexity index is 1320. The van der Waals surface area contributed by atoms with Crippen molar-refractivity contribution in [3.8, 4) is 0 Å². The van der Waals surface area contributed by atoms with Crippen molar-refractivity contribution < 1.29 is 24.2 Å². The van der Waals surface area contributed by atoms with Gasteiger partial charge in [-0.3, -0.25) is 9.69 Å². The van der Waals surface area contributed by atoms with Gasteiger partial charge in [-0.05, 0) is 68.0 Å². The molecule has 1 aliphatic rings. The van der Waals surface area contributed by atoms with E-state index in [9.17, 15) is 19.5 Å². The molecule has 2 atom stereocenters. The van der Waals surface area contributed by atoms with Crippen molar-refractivity contribution in [3.05, 3.63) is 81.8 Å². The van der Waals surface area contributed by atoms with Crippen LogP contribution in [-0.4, -0.2) is 51.5 Å². The molecule has 2 heterocycles. The Morgan fingerprint density at radius 3 is 2.51 bits per heavy atom. The van der Waals surface area contributed by atoms with Gasteiger partial charge < -0.3 is 19.1 Å². The van der Waals surface area contributed by atoms with E-state index in [2.05, 4.69) is 0 Å². The van der Waals surface area contributed by atoms with Gasteiger partial charge in [0.1, 0.15) is 5.60 Å². The summed E-state index contributed by atoms with van der Waals surface area (Å²) < 4.78 is 11.8. The van der Waals surface area contributed by atoms with Gasteiger partial charge in [-0.2, -0.15) is 0 Å². The topological polar surface area (TPSA) is 98.1 Å². The van der Waals surface area contributed by atoms with Crippen LogP contribution in [0.3, 0.4) is 0 Å². The Morgan fingerprint density at radius 2 is 1.83 bits per heavy atom. The number of aromatic nitrogens is 1. The number of carbonyl (C=O) groups excluding carboxylic acids is 2. The van der Waals surface area contributed by atoms with Crippen molar-refractivity contribution in [2.45, 2.75) is 58.0 Å². The highest BCUT2D eigenvalue weighted by Crippen LogP contribution is 2.27. The standard InChI is InChI=1S/C27H30N2O6/c1-27(2,3)35-26(33)29-15-20-8-6-5-7-17(20)14-22(29)23(30)16-28-12-11-18-13-19(25(32)34-4)9-10-21(18)24(28)31/h5-13,22-23,30H,14-16H2,1-4H3. The molecule has 2 aromatic carbocycles. The number of benzene rings is 2. The molecular formula is C27H30N2O6. The summed E-state index contributed by atoms with van der Waals surface area (Å²) in [5.74, 6) is -0.480. The number of amides is 1. The summed E-state index contributed by atoms with van der Waals surface area (Å²) in [6.45, 7) is 5.72. The second-order valence-corrected chi connectivity index (χ2v) is 9.78. The van der Waals surface area contributed by atoms with Crippen LogP contribution in [0, 0.1) is 0 Å². The van der Waals surface area contributed by atoms with Crippen LogP contribution in [0.4, 0.5) is 4.79 Å². The molecular weight excluding hydrogens is 448 g/mol. The highest BCUT2D eigenvalue weighted by Gasteiger charge is 2.37. The molecule has 0 radical (unpaired) electrons. The fourth-order valence-corrected chi connectivity index (χ4v) is 4.41. The summed E-state index contributed by atoms with van der Waals surface area (Å²) in [6, 6.07) is 13.7. The van der Waals surface area contributed by atoms with Crippen molar-refractivity contribution in [2.75, 3.05) is 7.11 Å². The number of aliphatic hydroxyl groups is 1. The number of carbonyl (C=O) groups is 2. The molecule has 0 saturated heterocycles. The molecule has 0 bridgehead atoms. The van der Waals surface area contributed by atoms with E-state index in [1.807, 2.05) is 24.3 Å². The molecule has 0 fully saturated rings. The van der Waals surface area contributed by atoms with Gasteiger partial charge in [0, 0.05) is 18.1 Å². The molecule has 184 valence electrons. The van der Waals surface area contributed by atoms with Gasteiger partial charge in [-0.1, -0.05) is 24.3 Å². The van der Waals surface area contributed by atoms with Crippen LogP contribution < -0.4 is 5.56 Å². The van der Waals surface area contributed by atoms with Gasteiger partial charge in [0.05, 0.1) is 31.4 Å². The lowest BCUT2D eigenvalue weighted by atomic mass is 9.91.